The van der Waals surface area contributed by atoms with Gasteiger partial charge in [-0.25, -0.2) is 0 Å². The van der Waals surface area contributed by atoms with Crippen LogP contribution in [0.15, 0.2) is 36.5 Å². The van der Waals surface area contributed by atoms with Gasteiger partial charge in [0.15, 0.2) is 24.5 Å². The maximum atomic E-state index is 11.9. The van der Waals surface area contributed by atoms with E-state index in [1.165, 1.54) is 20.8 Å². The molecule has 1 fully saturated rings. The number of hydrogen-bond donors (Lipinski definition) is 0. The third-order valence-electron chi connectivity index (χ3n) is 4.82. The average Bonchev–Trinajstić information content (AvgIpc) is 3.07. The quantitative estimate of drug-likeness (QED) is 0.560. The van der Waals surface area contributed by atoms with Crippen LogP contribution in [0, 0.1) is 0 Å². The summed E-state index contributed by atoms with van der Waals surface area (Å²) in [4.78, 5) is 35.4. The van der Waals surface area contributed by atoms with Crippen molar-refractivity contribution in [3.05, 3.63) is 36.5 Å². The minimum Gasteiger partial charge on any atom is -0.456 e. The summed E-state index contributed by atoms with van der Waals surface area (Å²) in [6, 6.07) is 9.61. The predicted molar refractivity (Wildman–Crippen MR) is 103 cm³/mol. The van der Waals surface area contributed by atoms with Gasteiger partial charge >= 0.3 is 17.9 Å². The smallest absolute Gasteiger partial charge is 0.303 e. The molecule has 29 heavy (non-hydrogen) atoms. The zero-order valence-electron chi connectivity index (χ0n) is 16.9. The third kappa shape index (κ3) is 4.42. The Hall–Kier alpha value is -2.87. The minimum atomic E-state index is -1.01. The predicted octanol–water partition coefficient (Wildman–Crippen LogP) is 2.74. The first kappa shape index (κ1) is 20.9. The Morgan fingerprint density at radius 3 is 2.10 bits per heavy atom. The largest absolute Gasteiger partial charge is 0.456 e. The Bertz CT molecular complexity index is 905. The molecule has 1 aromatic heterocycles. The van der Waals surface area contributed by atoms with Crippen LogP contribution in [-0.2, 0) is 33.3 Å². The van der Waals surface area contributed by atoms with Gasteiger partial charge < -0.3 is 23.5 Å². The molecule has 1 aliphatic rings. The molecule has 0 aliphatic carbocycles. The molecule has 5 atom stereocenters. The van der Waals surface area contributed by atoms with Crippen LogP contribution in [0.3, 0.4) is 0 Å². The fourth-order valence-electron chi connectivity index (χ4n) is 3.75. The highest BCUT2D eigenvalue weighted by molar-refractivity contribution is 5.80. The van der Waals surface area contributed by atoms with Crippen molar-refractivity contribution in [2.75, 3.05) is 0 Å². The van der Waals surface area contributed by atoms with E-state index in [1.54, 1.807) is 0 Å². The maximum Gasteiger partial charge on any atom is 0.303 e. The van der Waals surface area contributed by atoms with Gasteiger partial charge in [-0.3, -0.25) is 14.4 Å². The maximum absolute atomic E-state index is 11.9. The van der Waals surface area contributed by atoms with E-state index in [0.29, 0.717) is 6.42 Å². The molecule has 0 saturated carbocycles. The molecular weight excluding hydrogens is 378 g/mol. The lowest BCUT2D eigenvalue weighted by Gasteiger charge is -2.45. The first-order chi connectivity index (χ1) is 13.8. The monoisotopic (exact) mass is 403 g/mol. The Kier molecular flexibility index (Phi) is 6.22. The fourth-order valence-corrected chi connectivity index (χ4v) is 3.75. The summed E-state index contributed by atoms with van der Waals surface area (Å²) in [5.41, 5.74) is 0.872. The number of rotatable bonds is 5. The van der Waals surface area contributed by atoms with Gasteiger partial charge in [0.25, 0.3) is 0 Å². The molecular formula is C21H25NO7. The van der Waals surface area contributed by atoms with Crippen molar-refractivity contribution in [3.8, 4) is 0 Å². The molecule has 1 aliphatic heterocycles. The van der Waals surface area contributed by atoms with Gasteiger partial charge in [-0.15, -0.1) is 0 Å². The molecule has 1 saturated heterocycles. The molecule has 0 N–H and O–H groups in total. The van der Waals surface area contributed by atoms with Crippen LogP contribution in [0.25, 0.3) is 10.9 Å². The van der Waals surface area contributed by atoms with E-state index in [-0.39, 0.29) is 0 Å². The van der Waals surface area contributed by atoms with Gasteiger partial charge in [-0.2, -0.15) is 0 Å². The van der Waals surface area contributed by atoms with E-state index in [4.69, 9.17) is 18.9 Å². The van der Waals surface area contributed by atoms with Crippen molar-refractivity contribution >= 4 is 28.8 Å². The Morgan fingerprint density at radius 1 is 0.897 bits per heavy atom. The number of benzene rings is 1. The molecule has 156 valence electrons. The molecule has 8 heteroatoms. The molecule has 8 nitrogen and oxygen atoms in total. The highest BCUT2D eigenvalue weighted by Crippen LogP contribution is 2.37. The Balaban J connectivity index is 2.09. The molecule has 0 unspecified atom stereocenters. The fraction of sp³-hybridized carbons (Fsp3) is 0.476. The zero-order valence-corrected chi connectivity index (χ0v) is 16.9. The molecule has 1 aromatic carbocycles. The Morgan fingerprint density at radius 2 is 1.48 bits per heavy atom. The van der Waals surface area contributed by atoms with Crippen LogP contribution in [-0.4, -0.2) is 46.9 Å². The van der Waals surface area contributed by atoms with E-state index in [2.05, 4.69) is 0 Å². The standard InChI is InChI=1S/C21H25NO7/c1-5-17-18(26-12(2)23)19(27-13(3)24)20(28-14(4)25)21(29-17)22-11-10-15-8-6-7-9-16(15)22/h6-11,17-21H,5H2,1-4H3/t17-,18-,19+,20-,21-/m1/s1. The summed E-state index contributed by atoms with van der Waals surface area (Å²) >= 11 is 0. The van der Waals surface area contributed by atoms with E-state index >= 15 is 0 Å². The lowest BCUT2D eigenvalue weighted by molar-refractivity contribution is -0.262. The van der Waals surface area contributed by atoms with Gasteiger partial charge in [0.2, 0.25) is 0 Å². The van der Waals surface area contributed by atoms with Crippen LogP contribution >= 0.6 is 0 Å². The molecule has 3 rings (SSSR count). The second-order valence-electron chi connectivity index (χ2n) is 6.98. The topological polar surface area (TPSA) is 93.1 Å². The molecule has 2 heterocycles. The minimum absolute atomic E-state index is 0.498. The van der Waals surface area contributed by atoms with Gasteiger partial charge in [0, 0.05) is 27.0 Å². The number of nitrogens with zero attached hydrogens (tertiary/aromatic N) is 1. The molecule has 2 aromatic rings. The number of ether oxygens (including phenoxy) is 4. The molecule has 0 amide bonds. The van der Waals surface area contributed by atoms with Crippen molar-refractivity contribution in [3.63, 3.8) is 0 Å². The van der Waals surface area contributed by atoms with Crippen LogP contribution < -0.4 is 0 Å². The lowest BCUT2D eigenvalue weighted by Crippen LogP contribution is -2.59. The first-order valence-corrected chi connectivity index (χ1v) is 9.54. The van der Waals surface area contributed by atoms with E-state index in [0.717, 1.165) is 10.9 Å². The third-order valence-corrected chi connectivity index (χ3v) is 4.82. The number of hydrogen-bond acceptors (Lipinski definition) is 7. The summed E-state index contributed by atoms with van der Waals surface area (Å²) in [5.74, 6) is -1.67. The number of para-hydroxylation sites is 1. The van der Waals surface area contributed by atoms with E-state index < -0.39 is 48.6 Å². The van der Waals surface area contributed by atoms with Crippen LogP contribution in [0.2, 0.25) is 0 Å². The van der Waals surface area contributed by atoms with Crippen LogP contribution in [0.4, 0.5) is 0 Å². The number of aromatic nitrogens is 1. The zero-order chi connectivity index (χ0) is 21.1. The average molecular weight is 403 g/mol. The van der Waals surface area contributed by atoms with Gasteiger partial charge in [-0.05, 0) is 23.9 Å². The van der Waals surface area contributed by atoms with E-state index in [1.807, 2.05) is 48.0 Å². The highest BCUT2D eigenvalue weighted by Gasteiger charge is 2.51. The first-order valence-electron chi connectivity index (χ1n) is 9.54. The number of carbonyl (C=O) groups is 3. The Labute approximate surface area is 168 Å². The number of carbonyl (C=O) groups excluding carboxylic acids is 3. The van der Waals surface area contributed by atoms with Gasteiger partial charge in [0.05, 0.1) is 5.52 Å². The summed E-state index contributed by atoms with van der Waals surface area (Å²) in [6.45, 7) is 5.67. The molecule has 0 bridgehead atoms. The van der Waals surface area contributed by atoms with Gasteiger partial charge in [0.1, 0.15) is 6.10 Å². The van der Waals surface area contributed by atoms with Crippen LogP contribution in [0.5, 0.6) is 0 Å². The molecule has 0 spiro atoms. The van der Waals surface area contributed by atoms with Crippen LogP contribution in [0.1, 0.15) is 40.3 Å². The number of fused-ring (bicyclic) bond motifs is 1. The summed E-state index contributed by atoms with van der Waals surface area (Å²) in [7, 11) is 0. The summed E-state index contributed by atoms with van der Waals surface area (Å²) in [6.07, 6.45) is -1.90. The second kappa shape index (κ2) is 8.65. The lowest BCUT2D eigenvalue weighted by atomic mass is 9.95. The van der Waals surface area contributed by atoms with Crippen molar-refractivity contribution in [1.29, 1.82) is 0 Å². The van der Waals surface area contributed by atoms with Crippen molar-refractivity contribution < 1.29 is 33.3 Å². The van der Waals surface area contributed by atoms with Crippen molar-refractivity contribution in [2.24, 2.45) is 0 Å². The van der Waals surface area contributed by atoms with Crippen molar-refractivity contribution in [1.82, 2.24) is 4.57 Å². The molecule has 0 radical (unpaired) electrons. The normalized spacial score (nSPS) is 26.7. The highest BCUT2D eigenvalue weighted by atomic mass is 16.7. The number of esters is 3. The summed E-state index contributed by atoms with van der Waals surface area (Å²) < 4.78 is 24.6. The second-order valence-corrected chi connectivity index (χ2v) is 6.98. The SMILES string of the molecule is CC[C@H]1O[C@@H](n2ccc3ccccc32)[C@H](OC(C)=O)[C@@H](OC(C)=O)[C@@H]1OC(C)=O. The van der Waals surface area contributed by atoms with Crippen molar-refractivity contribution in [2.45, 2.75) is 64.8 Å². The van der Waals surface area contributed by atoms with E-state index in [9.17, 15) is 14.4 Å². The summed E-state index contributed by atoms with van der Waals surface area (Å²) in [5, 5.41) is 0.983. The van der Waals surface area contributed by atoms with Gasteiger partial charge in [-0.1, -0.05) is 25.1 Å².